The Balaban J connectivity index is 2.12. The summed E-state index contributed by atoms with van der Waals surface area (Å²) in [5.74, 6) is 0.740. The Labute approximate surface area is 111 Å². The molecular formula is C15H17NO3. The van der Waals surface area contributed by atoms with Crippen LogP contribution < -0.4 is 4.74 Å². The van der Waals surface area contributed by atoms with E-state index in [-0.39, 0.29) is 5.78 Å². The van der Waals surface area contributed by atoms with E-state index in [4.69, 9.17) is 9.47 Å². The lowest BCUT2D eigenvalue weighted by Gasteiger charge is -2.21. The third-order valence-corrected chi connectivity index (χ3v) is 3.83. The molecule has 1 aromatic heterocycles. The van der Waals surface area contributed by atoms with E-state index < -0.39 is 5.60 Å². The second kappa shape index (κ2) is 4.38. The third kappa shape index (κ3) is 1.83. The lowest BCUT2D eigenvalue weighted by atomic mass is 9.91. The predicted molar refractivity (Wildman–Crippen MR) is 72.8 cm³/mol. The van der Waals surface area contributed by atoms with E-state index in [2.05, 4.69) is 4.98 Å². The standard InChI is InChI=1S/C15H17NO3/c1-15(7-4-8-19-15)14(17)10-9-16-11-5-3-6-12(18-2)13(10)11/h3,5-6,9,16H,4,7-8H2,1-2H3. The maximum Gasteiger partial charge on any atom is 0.196 e. The number of Topliss-reactive ketones (excluding diaryl/α,β-unsaturated/α-hetero) is 1. The van der Waals surface area contributed by atoms with Gasteiger partial charge in [-0.15, -0.1) is 0 Å². The molecule has 19 heavy (non-hydrogen) atoms. The van der Waals surface area contributed by atoms with E-state index in [0.717, 1.165) is 23.7 Å². The van der Waals surface area contributed by atoms with Crippen LogP contribution in [0.1, 0.15) is 30.1 Å². The van der Waals surface area contributed by atoms with E-state index >= 15 is 0 Å². The molecule has 0 aliphatic carbocycles. The van der Waals surface area contributed by atoms with Crippen molar-refractivity contribution in [1.82, 2.24) is 4.98 Å². The van der Waals surface area contributed by atoms with Crippen molar-refractivity contribution in [1.29, 1.82) is 0 Å². The Morgan fingerprint density at radius 1 is 1.47 bits per heavy atom. The molecule has 0 radical (unpaired) electrons. The van der Waals surface area contributed by atoms with Gasteiger partial charge in [-0.1, -0.05) is 6.07 Å². The topological polar surface area (TPSA) is 51.3 Å². The van der Waals surface area contributed by atoms with Gasteiger partial charge in [-0.05, 0) is 31.9 Å². The fraction of sp³-hybridized carbons (Fsp3) is 0.400. The molecule has 0 spiro atoms. The first kappa shape index (κ1) is 12.2. The predicted octanol–water partition coefficient (Wildman–Crippen LogP) is 2.93. The summed E-state index contributed by atoms with van der Waals surface area (Å²) in [6.45, 7) is 2.53. The van der Waals surface area contributed by atoms with Crippen LogP contribution >= 0.6 is 0 Å². The maximum absolute atomic E-state index is 12.7. The SMILES string of the molecule is COc1cccc2[nH]cc(C(=O)C3(C)CCCO3)c12. The molecule has 1 saturated heterocycles. The van der Waals surface area contributed by atoms with Crippen molar-refractivity contribution in [2.24, 2.45) is 0 Å². The van der Waals surface area contributed by atoms with Crippen LogP contribution in [0.3, 0.4) is 0 Å². The molecule has 1 aromatic carbocycles. The summed E-state index contributed by atoms with van der Waals surface area (Å²) >= 11 is 0. The number of rotatable bonds is 3. The summed E-state index contributed by atoms with van der Waals surface area (Å²) in [6.07, 6.45) is 3.46. The molecule has 100 valence electrons. The quantitative estimate of drug-likeness (QED) is 0.862. The monoisotopic (exact) mass is 259 g/mol. The summed E-state index contributed by atoms with van der Waals surface area (Å²) < 4.78 is 11.0. The van der Waals surface area contributed by atoms with Crippen molar-refractivity contribution < 1.29 is 14.3 Å². The summed E-state index contributed by atoms with van der Waals surface area (Å²) in [4.78, 5) is 15.8. The van der Waals surface area contributed by atoms with Crippen LogP contribution in [0.15, 0.2) is 24.4 Å². The minimum Gasteiger partial charge on any atom is -0.496 e. The number of benzene rings is 1. The van der Waals surface area contributed by atoms with E-state index in [1.165, 1.54) is 0 Å². The van der Waals surface area contributed by atoms with E-state index in [0.29, 0.717) is 17.9 Å². The highest BCUT2D eigenvalue weighted by atomic mass is 16.5. The molecule has 0 saturated carbocycles. The molecule has 3 rings (SSSR count). The van der Waals surface area contributed by atoms with Gasteiger partial charge in [0, 0.05) is 23.9 Å². The second-order valence-corrected chi connectivity index (χ2v) is 5.10. The van der Waals surface area contributed by atoms with Gasteiger partial charge in [-0.25, -0.2) is 0 Å². The fourth-order valence-corrected chi connectivity index (χ4v) is 2.74. The number of fused-ring (bicyclic) bond motifs is 1. The molecule has 1 aliphatic heterocycles. The van der Waals surface area contributed by atoms with Gasteiger partial charge >= 0.3 is 0 Å². The molecule has 0 bridgehead atoms. The Bertz CT molecular complexity index is 623. The van der Waals surface area contributed by atoms with Crippen LogP contribution in [0.5, 0.6) is 5.75 Å². The van der Waals surface area contributed by atoms with Gasteiger partial charge in [0.05, 0.1) is 12.5 Å². The van der Waals surface area contributed by atoms with Gasteiger partial charge in [-0.2, -0.15) is 0 Å². The summed E-state index contributed by atoms with van der Waals surface area (Å²) in [5, 5.41) is 0.840. The van der Waals surface area contributed by atoms with Crippen molar-refractivity contribution in [3.05, 3.63) is 30.0 Å². The lowest BCUT2D eigenvalue weighted by molar-refractivity contribution is 0.0215. The van der Waals surface area contributed by atoms with E-state index in [1.54, 1.807) is 13.3 Å². The minimum atomic E-state index is -0.698. The molecule has 1 atom stereocenters. The molecule has 4 nitrogen and oxygen atoms in total. The highest BCUT2D eigenvalue weighted by Gasteiger charge is 2.39. The minimum absolute atomic E-state index is 0.0285. The number of ketones is 1. The van der Waals surface area contributed by atoms with Crippen molar-refractivity contribution in [2.45, 2.75) is 25.4 Å². The molecule has 4 heteroatoms. The van der Waals surface area contributed by atoms with Crippen molar-refractivity contribution in [2.75, 3.05) is 13.7 Å². The Morgan fingerprint density at radius 2 is 2.32 bits per heavy atom. The summed E-state index contributed by atoms with van der Waals surface area (Å²) in [6, 6.07) is 5.71. The third-order valence-electron chi connectivity index (χ3n) is 3.83. The van der Waals surface area contributed by atoms with Crippen LogP contribution in [-0.4, -0.2) is 30.1 Å². The number of ether oxygens (including phenoxy) is 2. The van der Waals surface area contributed by atoms with Gasteiger partial charge in [0.2, 0.25) is 0 Å². The van der Waals surface area contributed by atoms with E-state index in [1.807, 2.05) is 25.1 Å². The van der Waals surface area contributed by atoms with Gasteiger partial charge in [-0.3, -0.25) is 4.79 Å². The fourth-order valence-electron chi connectivity index (χ4n) is 2.74. The molecule has 2 aromatic rings. The van der Waals surface area contributed by atoms with Crippen molar-refractivity contribution in [3.8, 4) is 5.75 Å². The van der Waals surface area contributed by atoms with Gasteiger partial charge < -0.3 is 14.5 Å². The van der Waals surface area contributed by atoms with Crippen molar-refractivity contribution in [3.63, 3.8) is 0 Å². The molecular weight excluding hydrogens is 242 g/mol. The number of hydrogen-bond donors (Lipinski definition) is 1. The molecule has 0 amide bonds. The zero-order valence-corrected chi connectivity index (χ0v) is 11.2. The largest absolute Gasteiger partial charge is 0.496 e. The molecule has 1 N–H and O–H groups in total. The number of carbonyl (C=O) groups is 1. The molecule has 2 heterocycles. The van der Waals surface area contributed by atoms with Crippen LogP contribution in [0.4, 0.5) is 0 Å². The average Bonchev–Trinajstić information content (AvgIpc) is 3.04. The first-order valence-electron chi connectivity index (χ1n) is 6.48. The van der Waals surface area contributed by atoms with Crippen molar-refractivity contribution >= 4 is 16.7 Å². The van der Waals surface area contributed by atoms with E-state index in [9.17, 15) is 4.79 Å². The maximum atomic E-state index is 12.7. The van der Waals surface area contributed by atoms with Gasteiger partial charge in [0.15, 0.2) is 5.78 Å². The van der Waals surface area contributed by atoms with Crippen LogP contribution in [0.2, 0.25) is 0 Å². The number of nitrogens with one attached hydrogen (secondary N) is 1. The first-order chi connectivity index (χ1) is 9.15. The van der Waals surface area contributed by atoms with Crippen LogP contribution in [0.25, 0.3) is 10.9 Å². The summed E-state index contributed by atoms with van der Waals surface area (Å²) in [7, 11) is 1.61. The summed E-state index contributed by atoms with van der Waals surface area (Å²) in [5.41, 5.74) is 0.858. The normalized spacial score (nSPS) is 22.8. The molecule has 1 aliphatic rings. The number of aromatic amines is 1. The highest BCUT2D eigenvalue weighted by Crippen LogP contribution is 2.34. The molecule has 1 fully saturated rings. The number of methoxy groups -OCH3 is 1. The first-order valence-corrected chi connectivity index (χ1v) is 6.48. The number of carbonyl (C=O) groups excluding carboxylic acids is 1. The Morgan fingerprint density at radius 3 is 3.00 bits per heavy atom. The number of hydrogen-bond acceptors (Lipinski definition) is 3. The second-order valence-electron chi connectivity index (χ2n) is 5.10. The average molecular weight is 259 g/mol. The molecule has 1 unspecified atom stereocenters. The number of H-pyrrole nitrogens is 1. The highest BCUT2D eigenvalue weighted by molar-refractivity contribution is 6.13. The lowest BCUT2D eigenvalue weighted by Crippen LogP contribution is -2.34. The van der Waals surface area contributed by atoms with Crippen LogP contribution in [-0.2, 0) is 4.74 Å². The number of aromatic nitrogens is 1. The van der Waals surface area contributed by atoms with Gasteiger partial charge in [0.1, 0.15) is 11.4 Å². The Hall–Kier alpha value is -1.81. The Kier molecular flexibility index (Phi) is 2.82. The van der Waals surface area contributed by atoms with Crippen LogP contribution in [0, 0.1) is 0 Å². The zero-order valence-electron chi connectivity index (χ0n) is 11.2. The smallest absolute Gasteiger partial charge is 0.196 e. The van der Waals surface area contributed by atoms with Gasteiger partial charge in [0.25, 0.3) is 0 Å². The zero-order chi connectivity index (χ0) is 13.5.